The quantitative estimate of drug-likeness (QED) is 0.157. The van der Waals surface area contributed by atoms with E-state index in [-0.39, 0.29) is 0 Å². The molecule has 0 N–H and O–H groups in total. The van der Waals surface area contributed by atoms with Crippen molar-refractivity contribution >= 4 is 81.6 Å². The molecule has 15 rings (SSSR count). The highest BCUT2D eigenvalue weighted by Gasteiger charge is 2.44. The molecule has 3 nitrogen and oxygen atoms in total. The van der Waals surface area contributed by atoms with Crippen LogP contribution in [0.2, 0.25) is 24.2 Å². The number of hydrogen-bond acceptors (Lipinski definition) is 0. The summed E-state index contributed by atoms with van der Waals surface area (Å²) in [5.74, 6) is 0. The number of nitrogens with zero attached hydrogens (tertiary/aromatic N) is 3. The van der Waals surface area contributed by atoms with Crippen molar-refractivity contribution in [1.82, 2.24) is 13.7 Å². The lowest BCUT2D eigenvalue weighted by atomic mass is 9.93. The minimum absolute atomic E-state index is 1.21. The first kappa shape index (κ1) is 36.9. The number of hydrogen-bond donors (Lipinski definition) is 0. The van der Waals surface area contributed by atoms with E-state index in [1.807, 2.05) is 0 Å². The fourth-order valence-corrected chi connectivity index (χ4v) is 25.0. The van der Waals surface area contributed by atoms with Crippen LogP contribution >= 0.6 is 0 Å². The first-order valence-electron chi connectivity index (χ1n) is 24.4. The average molecular weight is 870 g/mol. The van der Waals surface area contributed by atoms with Gasteiger partial charge in [-0.2, -0.15) is 0 Å². The molecule has 0 saturated carbocycles. The minimum Gasteiger partial charge on any atom is -0.309 e. The van der Waals surface area contributed by atoms with Crippen LogP contribution < -0.4 is 0 Å². The monoisotopic (exact) mass is 869 g/mol. The van der Waals surface area contributed by atoms with Crippen molar-refractivity contribution in [2.45, 2.75) is 74.0 Å². The Morgan fingerprint density at radius 1 is 0.292 bits per heavy atom. The van der Waals surface area contributed by atoms with E-state index in [0.29, 0.717) is 0 Å². The summed E-state index contributed by atoms with van der Waals surface area (Å²) in [5, 5.41) is 7.88. The number of aromatic nitrogens is 3. The molecule has 0 unspecified atom stereocenters. The Hall–Kier alpha value is -6.41. The van der Waals surface area contributed by atoms with Gasteiger partial charge in [-0.15, -0.1) is 0 Å². The molecule has 4 aliphatic rings. The van der Waals surface area contributed by atoms with Gasteiger partial charge in [0.15, 0.2) is 0 Å². The van der Waals surface area contributed by atoms with Gasteiger partial charge in [0.05, 0.1) is 60.6 Å². The maximum absolute atomic E-state index is 2.73. The summed E-state index contributed by atoms with van der Waals surface area (Å²) in [7, 11) is -2.75. The van der Waals surface area contributed by atoms with Gasteiger partial charge in [-0.1, -0.05) is 141 Å². The molecule has 0 aliphatic carbocycles. The van der Waals surface area contributed by atoms with Crippen molar-refractivity contribution in [3.05, 3.63) is 186 Å². The van der Waals surface area contributed by atoms with Gasteiger partial charge in [0, 0.05) is 49.1 Å². The summed E-state index contributed by atoms with van der Waals surface area (Å²) >= 11 is 0. The minimum atomic E-state index is -1.39. The van der Waals surface area contributed by atoms with Gasteiger partial charge in [0.25, 0.3) is 0 Å². The van der Waals surface area contributed by atoms with Gasteiger partial charge in [-0.05, 0) is 119 Å². The van der Waals surface area contributed by atoms with Gasteiger partial charge in [0.1, 0.15) is 0 Å². The molecule has 4 aliphatic heterocycles. The van der Waals surface area contributed by atoms with E-state index >= 15 is 0 Å². The zero-order valence-electron chi connectivity index (χ0n) is 36.9. The zero-order valence-corrected chi connectivity index (χ0v) is 38.9. The first-order valence-corrected chi connectivity index (χ1v) is 30.1. The smallest absolute Gasteiger partial charge is 0.0623 e. The van der Waals surface area contributed by atoms with E-state index in [1.54, 1.807) is 22.3 Å². The molecular formula is C60H51N3Si2. The second-order valence-corrected chi connectivity index (χ2v) is 30.1. The third kappa shape index (κ3) is 5.28. The molecular weight excluding hydrogens is 819 g/mol. The van der Waals surface area contributed by atoms with Crippen LogP contribution in [-0.2, 0) is 24.2 Å². The van der Waals surface area contributed by atoms with Crippen LogP contribution in [0.4, 0.5) is 0 Å². The van der Waals surface area contributed by atoms with E-state index < -0.39 is 16.1 Å². The van der Waals surface area contributed by atoms with Crippen molar-refractivity contribution in [3.63, 3.8) is 0 Å². The van der Waals surface area contributed by atoms with Gasteiger partial charge in [-0.3, -0.25) is 0 Å². The number of rotatable bonds is 4. The second-order valence-electron chi connectivity index (χ2n) is 20.7. The predicted molar refractivity (Wildman–Crippen MR) is 279 cm³/mol. The molecule has 0 atom stereocenters. The Kier molecular flexibility index (Phi) is 7.70. The standard InChI is InChI=1S/C60H51N3Si2/c1-6-20-53-45(15-1)46-16-2-7-21-54(46)61(53)44-25-26-58-52(35-44)49-19-5-10-24-57(49)63(58)60-34-43-39-65(29-13-14-30-65)37-41(43)32-51(60)50-31-40-36-64(27-11-12-28-64)38-42(40)33-59(50)62-55-22-8-3-17-47(55)48-18-4-9-23-56(48)62/h1-10,15-26,31-35H,11-14,27-30,36-39H2. The lowest BCUT2D eigenvalue weighted by Gasteiger charge is -2.21. The third-order valence-corrected chi connectivity index (χ3v) is 27.3. The Balaban J connectivity index is 1.03. The summed E-state index contributed by atoms with van der Waals surface area (Å²) in [6.07, 6.45) is 5.71. The van der Waals surface area contributed by atoms with Crippen molar-refractivity contribution in [3.8, 4) is 28.2 Å². The molecule has 65 heavy (non-hydrogen) atoms. The first-order chi connectivity index (χ1) is 32.1. The maximum Gasteiger partial charge on any atom is 0.0623 e. The number of para-hydroxylation sites is 5. The van der Waals surface area contributed by atoms with Gasteiger partial charge < -0.3 is 13.7 Å². The summed E-state index contributed by atoms with van der Waals surface area (Å²) in [6.45, 7) is 0. The van der Waals surface area contributed by atoms with Gasteiger partial charge >= 0.3 is 0 Å². The van der Waals surface area contributed by atoms with Crippen molar-refractivity contribution in [2.75, 3.05) is 0 Å². The summed E-state index contributed by atoms with van der Waals surface area (Å²) < 4.78 is 7.80. The molecule has 2 spiro atoms. The molecule has 2 saturated heterocycles. The summed E-state index contributed by atoms with van der Waals surface area (Å²) in [6, 6.07) is 74.8. The van der Waals surface area contributed by atoms with Crippen LogP contribution in [-0.4, -0.2) is 29.8 Å². The second kappa shape index (κ2) is 13.6. The van der Waals surface area contributed by atoms with Crippen LogP contribution in [0.25, 0.3) is 93.6 Å². The third-order valence-electron chi connectivity index (χ3n) is 17.1. The Morgan fingerprint density at radius 3 is 1.02 bits per heavy atom. The highest BCUT2D eigenvalue weighted by Crippen LogP contribution is 2.50. The lowest BCUT2D eigenvalue weighted by molar-refractivity contribution is 0.935. The highest BCUT2D eigenvalue weighted by atomic mass is 28.3. The topological polar surface area (TPSA) is 14.8 Å². The van der Waals surface area contributed by atoms with Crippen LogP contribution in [0.5, 0.6) is 0 Å². The molecule has 0 radical (unpaired) electrons. The molecule has 2 fully saturated rings. The van der Waals surface area contributed by atoms with Crippen LogP contribution in [0.3, 0.4) is 0 Å². The van der Waals surface area contributed by atoms with E-state index in [4.69, 9.17) is 0 Å². The number of fused-ring (bicyclic) bond motifs is 11. The SMILES string of the molecule is c1ccc2c(c1)c1ccccc1n2-c1ccc2c(c1)c1ccccc1n2-c1cc2c(cc1-c1cc3c(cc1-n1c4ccccc4c4ccccc41)C[Si]1(CCCC1)C3)C[Si]1(CCCC1)C2. The largest absolute Gasteiger partial charge is 0.309 e. The Labute approximate surface area is 381 Å². The molecule has 0 amide bonds. The average Bonchev–Trinajstić information content (AvgIpc) is 4.23. The van der Waals surface area contributed by atoms with Crippen LogP contribution in [0, 0.1) is 0 Å². The lowest BCUT2D eigenvalue weighted by Crippen LogP contribution is -2.31. The fraction of sp³-hybridized carbons (Fsp3) is 0.200. The van der Waals surface area contributed by atoms with Crippen molar-refractivity contribution in [2.24, 2.45) is 0 Å². The van der Waals surface area contributed by atoms with Crippen LogP contribution in [0.1, 0.15) is 47.9 Å². The highest BCUT2D eigenvalue weighted by molar-refractivity contribution is 6.81. The van der Waals surface area contributed by atoms with E-state index in [2.05, 4.69) is 177 Å². The maximum atomic E-state index is 2.73. The van der Waals surface area contributed by atoms with E-state index in [9.17, 15) is 0 Å². The Morgan fingerprint density at radius 2 is 0.615 bits per heavy atom. The van der Waals surface area contributed by atoms with Crippen molar-refractivity contribution < 1.29 is 0 Å². The summed E-state index contributed by atoms with van der Waals surface area (Å²) in [5.41, 5.74) is 20.9. The molecule has 0 bridgehead atoms. The van der Waals surface area contributed by atoms with Crippen LogP contribution in [0.15, 0.2) is 164 Å². The number of benzene rings is 8. The predicted octanol–water partition coefficient (Wildman–Crippen LogP) is 15.5. The molecule has 5 heteroatoms. The zero-order chi connectivity index (χ0) is 42.4. The molecule has 7 heterocycles. The van der Waals surface area contributed by atoms with E-state index in [1.165, 1.54) is 168 Å². The Bertz CT molecular complexity index is 3700. The molecule has 11 aromatic rings. The molecule has 3 aromatic heterocycles. The fourth-order valence-electron chi connectivity index (χ4n) is 14.3. The van der Waals surface area contributed by atoms with E-state index in [0.717, 1.165) is 0 Å². The molecule has 8 aromatic carbocycles. The normalized spacial score (nSPS) is 17.4. The van der Waals surface area contributed by atoms with Crippen molar-refractivity contribution in [1.29, 1.82) is 0 Å². The van der Waals surface area contributed by atoms with Gasteiger partial charge in [0.2, 0.25) is 0 Å². The summed E-state index contributed by atoms with van der Waals surface area (Å²) in [4.78, 5) is 0. The van der Waals surface area contributed by atoms with Gasteiger partial charge in [-0.25, -0.2) is 0 Å². The molecule has 314 valence electrons.